The topological polar surface area (TPSA) is 76.4 Å². The Bertz CT molecular complexity index is 398. The van der Waals surface area contributed by atoms with Crippen LogP contribution in [-0.4, -0.2) is 20.1 Å². The van der Waals surface area contributed by atoms with E-state index in [1.54, 1.807) is 32.4 Å². The average Bonchev–Trinajstić information content (AvgIpc) is 2.29. The molecule has 0 aliphatic heterocycles. The number of methoxy groups -OCH3 is 1. The van der Waals surface area contributed by atoms with Gasteiger partial charge in [-0.1, -0.05) is 11.6 Å². The summed E-state index contributed by atoms with van der Waals surface area (Å²) < 4.78 is 5.18. The standard InChI is InChI=1S/C11H16ClN3O2/c1-14-15-11(16)6-9(13)8-5-7(12)3-4-10(8)17-2/h3-5,9,14H,6,13H2,1-2H3,(H,15,16). The third-order valence-electron chi connectivity index (χ3n) is 2.26. The lowest BCUT2D eigenvalue weighted by atomic mass is 10.0. The molecule has 0 radical (unpaired) electrons. The first-order chi connectivity index (χ1) is 8.08. The minimum atomic E-state index is -0.461. The molecule has 0 aliphatic rings. The Labute approximate surface area is 105 Å². The zero-order valence-corrected chi connectivity index (χ0v) is 10.5. The van der Waals surface area contributed by atoms with Gasteiger partial charge in [-0.15, -0.1) is 0 Å². The van der Waals surface area contributed by atoms with E-state index in [4.69, 9.17) is 22.1 Å². The second-order valence-electron chi connectivity index (χ2n) is 3.50. The minimum absolute atomic E-state index is 0.150. The van der Waals surface area contributed by atoms with E-state index in [-0.39, 0.29) is 12.3 Å². The van der Waals surface area contributed by atoms with Gasteiger partial charge in [-0.05, 0) is 18.2 Å². The van der Waals surface area contributed by atoms with Gasteiger partial charge >= 0.3 is 0 Å². The fraction of sp³-hybridized carbons (Fsp3) is 0.364. The van der Waals surface area contributed by atoms with Crippen LogP contribution in [0.5, 0.6) is 5.75 Å². The molecule has 1 unspecified atom stereocenters. The van der Waals surface area contributed by atoms with Gasteiger partial charge in [0.25, 0.3) is 0 Å². The Morgan fingerprint density at radius 2 is 2.29 bits per heavy atom. The number of rotatable bonds is 5. The Balaban J connectivity index is 2.83. The molecule has 0 spiro atoms. The molecule has 1 atom stereocenters. The summed E-state index contributed by atoms with van der Waals surface area (Å²) in [5.41, 5.74) is 11.7. The number of hydrogen-bond donors (Lipinski definition) is 3. The Morgan fingerprint density at radius 1 is 1.59 bits per heavy atom. The SMILES string of the molecule is CNNC(=O)CC(N)c1cc(Cl)ccc1OC. The largest absolute Gasteiger partial charge is 0.496 e. The van der Waals surface area contributed by atoms with Gasteiger partial charge in [0, 0.05) is 30.1 Å². The number of halogens is 1. The quantitative estimate of drug-likeness (QED) is 0.688. The molecule has 1 rings (SSSR count). The maximum atomic E-state index is 11.4. The number of amides is 1. The molecular formula is C11H16ClN3O2. The lowest BCUT2D eigenvalue weighted by molar-refractivity contribution is -0.122. The van der Waals surface area contributed by atoms with Crippen molar-refractivity contribution in [2.45, 2.75) is 12.5 Å². The summed E-state index contributed by atoms with van der Waals surface area (Å²) in [5, 5.41) is 0.560. The van der Waals surface area contributed by atoms with Crippen LogP contribution in [0, 0.1) is 0 Å². The molecule has 0 bridgehead atoms. The lowest BCUT2D eigenvalue weighted by Gasteiger charge is -2.15. The molecule has 0 aromatic heterocycles. The van der Waals surface area contributed by atoms with E-state index in [1.807, 2.05) is 0 Å². The van der Waals surface area contributed by atoms with E-state index in [9.17, 15) is 4.79 Å². The van der Waals surface area contributed by atoms with Gasteiger partial charge in [-0.2, -0.15) is 0 Å². The summed E-state index contributed by atoms with van der Waals surface area (Å²) in [6.07, 6.45) is 0.150. The fourth-order valence-corrected chi connectivity index (χ4v) is 1.68. The van der Waals surface area contributed by atoms with E-state index in [2.05, 4.69) is 10.9 Å². The van der Waals surface area contributed by atoms with Crippen LogP contribution >= 0.6 is 11.6 Å². The summed E-state index contributed by atoms with van der Waals surface area (Å²) in [4.78, 5) is 11.4. The molecule has 5 nitrogen and oxygen atoms in total. The fourth-order valence-electron chi connectivity index (χ4n) is 1.50. The normalized spacial score (nSPS) is 12.0. The molecular weight excluding hydrogens is 242 g/mol. The van der Waals surface area contributed by atoms with E-state index >= 15 is 0 Å². The molecule has 4 N–H and O–H groups in total. The van der Waals surface area contributed by atoms with Crippen molar-refractivity contribution in [2.24, 2.45) is 5.73 Å². The van der Waals surface area contributed by atoms with E-state index in [0.29, 0.717) is 16.3 Å². The van der Waals surface area contributed by atoms with Gasteiger partial charge in [0.1, 0.15) is 5.75 Å². The summed E-state index contributed by atoms with van der Waals surface area (Å²) >= 11 is 5.89. The highest BCUT2D eigenvalue weighted by molar-refractivity contribution is 6.30. The summed E-state index contributed by atoms with van der Waals surface area (Å²) in [6.45, 7) is 0. The van der Waals surface area contributed by atoms with Gasteiger partial charge in [-0.3, -0.25) is 10.2 Å². The number of hydrazine groups is 1. The molecule has 1 aromatic rings. The third-order valence-corrected chi connectivity index (χ3v) is 2.50. The van der Waals surface area contributed by atoms with Gasteiger partial charge < -0.3 is 10.5 Å². The maximum Gasteiger partial charge on any atom is 0.235 e. The number of nitrogens with one attached hydrogen (secondary N) is 2. The first kappa shape index (κ1) is 13.8. The minimum Gasteiger partial charge on any atom is -0.496 e. The Kier molecular flexibility index (Phi) is 5.21. The van der Waals surface area contributed by atoms with Crippen LogP contribution in [0.3, 0.4) is 0 Å². The molecule has 6 heteroatoms. The van der Waals surface area contributed by atoms with Crippen molar-refractivity contribution in [3.63, 3.8) is 0 Å². The number of nitrogens with two attached hydrogens (primary N) is 1. The molecule has 1 aromatic carbocycles. The van der Waals surface area contributed by atoms with Crippen LogP contribution in [0.1, 0.15) is 18.0 Å². The molecule has 0 saturated carbocycles. The zero-order valence-electron chi connectivity index (χ0n) is 9.79. The monoisotopic (exact) mass is 257 g/mol. The van der Waals surface area contributed by atoms with E-state index < -0.39 is 6.04 Å². The first-order valence-corrected chi connectivity index (χ1v) is 5.51. The lowest BCUT2D eigenvalue weighted by Crippen LogP contribution is -2.36. The molecule has 0 aliphatic carbocycles. The van der Waals surface area contributed by atoms with Crippen molar-refractivity contribution in [1.29, 1.82) is 0 Å². The predicted octanol–water partition coefficient (Wildman–Crippen LogP) is 0.989. The van der Waals surface area contributed by atoms with Gasteiger partial charge in [0.05, 0.1) is 7.11 Å². The van der Waals surface area contributed by atoms with Crippen LogP contribution in [0.25, 0.3) is 0 Å². The highest BCUT2D eigenvalue weighted by Gasteiger charge is 2.15. The number of benzene rings is 1. The molecule has 0 fully saturated rings. The van der Waals surface area contributed by atoms with Crippen LogP contribution < -0.4 is 21.3 Å². The van der Waals surface area contributed by atoms with Crippen molar-refractivity contribution >= 4 is 17.5 Å². The van der Waals surface area contributed by atoms with E-state index in [0.717, 1.165) is 0 Å². The van der Waals surface area contributed by atoms with Crippen LogP contribution in [-0.2, 0) is 4.79 Å². The van der Waals surface area contributed by atoms with Crippen molar-refractivity contribution in [1.82, 2.24) is 10.9 Å². The van der Waals surface area contributed by atoms with Crippen molar-refractivity contribution in [3.05, 3.63) is 28.8 Å². The zero-order chi connectivity index (χ0) is 12.8. The van der Waals surface area contributed by atoms with Gasteiger partial charge in [0.15, 0.2) is 0 Å². The van der Waals surface area contributed by atoms with Crippen molar-refractivity contribution in [2.75, 3.05) is 14.2 Å². The molecule has 0 saturated heterocycles. The molecule has 17 heavy (non-hydrogen) atoms. The molecule has 94 valence electrons. The van der Waals surface area contributed by atoms with Crippen LogP contribution in [0.15, 0.2) is 18.2 Å². The maximum absolute atomic E-state index is 11.4. The second kappa shape index (κ2) is 6.44. The third kappa shape index (κ3) is 3.89. The number of ether oxygens (including phenoxy) is 1. The predicted molar refractivity (Wildman–Crippen MR) is 66.8 cm³/mol. The smallest absolute Gasteiger partial charge is 0.235 e. The highest BCUT2D eigenvalue weighted by Crippen LogP contribution is 2.28. The Hall–Kier alpha value is -1.30. The van der Waals surface area contributed by atoms with Crippen molar-refractivity contribution in [3.8, 4) is 5.75 Å². The van der Waals surface area contributed by atoms with Crippen LogP contribution in [0.2, 0.25) is 5.02 Å². The van der Waals surface area contributed by atoms with E-state index in [1.165, 1.54) is 0 Å². The van der Waals surface area contributed by atoms with Crippen molar-refractivity contribution < 1.29 is 9.53 Å². The summed E-state index contributed by atoms with van der Waals surface area (Å²) in [7, 11) is 3.16. The number of carbonyl (C=O) groups is 1. The Morgan fingerprint density at radius 3 is 2.88 bits per heavy atom. The highest BCUT2D eigenvalue weighted by atomic mass is 35.5. The molecule has 1 amide bonds. The average molecular weight is 258 g/mol. The number of carbonyl (C=O) groups excluding carboxylic acids is 1. The summed E-state index contributed by atoms with van der Waals surface area (Å²) in [6, 6.07) is 4.69. The van der Waals surface area contributed by atoms with Gasteiger partial charge in [0.2, 0.25) is 5.91 Å². The van der Waals surface area contributed by atoms with Crippen LogP contribution in [0.4, 0.5) is 0 Å². The molecule has 0 heterocycles. The number of hydrogen-bond acceptors (Lipinski definition) is 4. The second-order valence-corrected chi connectivity index (χ2v) is 3.93. The van der Waals surface area contributed by atoms with Gasteiger partial charge in [-0.25, -0.2) is 5.43 Å². The first-order valence-electron chi connectivity index (χ1n) is 5.13. The summed E-state index contributed by atoms with van der Waals surface area (Å²) in [5.74, 6) is 0.432.